The smallest absolute Gasteiger partial charge is 0.193 e. The topological polar surface area (TPSA) is 17.1 Å². The van der Waals surface area contributed by atoms with Crippen LogP contribution in [-0.4, -0.2) is 5.78 Å². The highest BCUT2D eigenvalue weighted by Gasteiger charge is 2.18. The number of rotatable bonds is 2. The number of benzene rings is 2. The van der Waals surface area contributed by atoms with Crippen LogP contribution in [0, 0.1) is 0 Å². The van der Waals surface area contributed by atoms with Gasteiger partial charge in [-0.1, -0.05) is 60.7 Å². The molecule has 0 aromatic heterocycles. The van der Waals surface area contributed by atoms with E-state index in [1.54, 1.807) is 0 Å². The predicted molar refractivity (Wildman–Crippen MR) is 73.5 cm³/mol. The van der Waals surface area contributed by atoms with Gasteiger partial charge >= 0.3 is 0 Å². The van der Waals surface area contributed by atoms with E-state index in [1.165, 1.54) is 5.56 Å². The molecular weight excluding hydrogens is 220 g/mol. The molecule has 0 saturated heterocycles. The van der Waals surface area contributed by atoms with Crippen LogP contribution in [0.2, 0.25) is 0 Å². The van der Waals surface area contributed by atoms with Gasteiger partial charge in [-0.3, -0.25) is 4.79 Å². The lowest BCUT2D eigenvalue weighted by molar-refractivity contribution is 0.105. The van der Waals surface area contributed by atoms with Crippen LogP contribution in [0.25, 0.3) is 5.57 Å². The summed E-state index contributed by atoms with van der Waals surface area (Å²) in [5.74, 6) is 0.128. The van der Waals surface area contributed by atoms with Crippen LogP contribution >= 0.6 is 0 Å². The van der Waals surface area contributed by atoms with Crippen LogP contribution in [0.1, 0.15) is 27.9 Å². The van der Waals surface area contributed by atoms with Gasteiger partial charge in [0.05, 0.1) is 0 Å². The Morgan fingerprint density at radius 1 is 0.889 bits per heavy atom. The molecule has 0 saturated carbocycles. The van der Waals surface area contributed by atoms with Crippen molar-refractivity contribution < 1.29 is 4.79 Å². The Morgan fingerprint density at radius 2 is 1.61 bits per heavy atom. The van der Waals surface area contributed by atoms with E-state index in [9.17, 15) is 4.79 Å². The van der Waals surface area contributed by atoms with E-state index in [4.69, 9.17) is 0 Å². The monoisotopic (exact) mass is 234 g/mol. The largest absolute Gasteiger partial charge is 0.289 e. The summed E-state index contributed by atoms with van der Waals surface area (Å²) in [6, 6.07) is 17.7. The molecule has 0 fully saturated rings. The number of aryl methyl sites for hydroxylation is 1. The lowest BCUT2D eigenvalue weighted by Gasteiger charge is -2.16. The van der Waals surface area contributed by atoms with Crippen LogP contribution in [0.4, 0.5) is 0 Å². The van der Waals surface area contributed by atoms with Crippen molar-refractivity contribution in [3.05, 3.63) is 77.4 Å². The Hall–Kier alpha value is -2.15. The zero-order valence-electron chi connectivity index (χ0n) is 10.1. The van der Waals surface area contributed by atoms with Crippen molar-refractivity contribution in [2.75, 3.05) is 0 Å². The normalized spacial score (nSPS) is 13.7. The van der Waals surface area contributed by atoms with Crippen molar-refractivity contribution >= 4 is 11.4 Å². The molecule has 0 spiro atoms. The minimum Gasteiger partial charge on any atom is -0.289 e. The fraction of sp³-hybridized carbons (Fsp3) is 0.118. The molecule has 1 aliphatic rings. The van der Waals surface area contributed by atoms with E-state index < -0.39 is 0 Å². The van der Waals surface area contributed by atoms with Gasteiger partial charge in [-0.2, -0.15) is 0 Å². The summed E-state index contributed by atoms with van der Waals surface area (Å²) in [6.45, 7) is 0. The zero-order valence-corrected chi connectivity index (χ0v) is 10.1. The van der Waals surface area contributed by atoms with E-state index in [-0.39, 0.29) is 5.78 Å². The molecule has 0 aliphatic heterocycles. The number of allylic oxidation sites excluding steroid dienone is 2. The van der Waals surface area contributed by atoms with Gasteiger partial charge in [0, 0.05) is 11.1 Å². The van der Waals surface area contributed by atoms with Crippen molar-refractivity contribution in [2.45, 2.75) is 12.8 Å². The molecule has 0 bridgehead atoms. The summed E-state index contributed by atoms with van der Waals surface area (Å²) in [7, 11) is 0. The van der Waals surface area contributed by atoms with Gasteiger partial charge in [-0.15, -0.1) is 0 Å². The van der Waals surface area contributed by atoms with Gasteiger partial charge in [0.25, 0.3) is 0 Å². The maximum Gasteiger partial charge on any atom is 0.193 e. The minimum atomic E-state index is 0.128. The fourth-order valence-corrected chi connectivity index (χ4v) is 2.44. The molecular formula is C17H14O. The van der Waals surface area contributed by atoms with Crippen molar-refractivity contribution in [1.82, 2.24) is 0 Å². The Morgan fingerprint density at radius 3 is 2.44 bits per heavy atom. The van der Waals surface area contributed by atoms with E-state index in [2.05, 4.69) is 12.1 Å². The number of carbonyl (C=O) groups excluding carboxylic acids is 1. The van der Waals surface area contributed by atoms with Crippen LogP contribution < -0.4 is 0 Å². The molecule has 0 atom stereocenters. The molecule has 1 aliphatic carbocycles. The Balaban J connectivity index is 2.03. The van der Waals surface area contributed by atoms with Crippen LogP contribution in [-0.2, 0) is 6.42 Å². The first-order valence-electron chi connectivity index (χ1n) is 6.24. The van der Waals surface area contributed by atoms with Gasteiger partial charge < -0.3 is 0 Å². The van der Waals surface area contributed by atoms with Crippen molar-refractivity contribution in [3.8, 4) is 0 Å². The molecule has 2 aromatic rings. The number of fused-ring (bicyclic) bond motifs is 1. The lowest BCUT2D eigenvalue weighted by atomic mass is 9.87. The predicted octanol–water partition coefficient (Wildman–Crippen LogP) is 3.90. The number of hydrogen-bond acceptors (Lipinski definition) is 1. The third kappa shape index (κ3) is 1.88. The lowest BCUT2D eigenvalue weighted by Crippen LogP contribution is -2.08. The maximum absolute atomic E-state index is 12.5. The number of Topliss-reactive ketones (excluding diaryl/α,β-unsaturated/α-hetero) is 1. The zero-order chi connectivity index (χ0) is 12.4. The Bertz CT molecular complexity index is 609. The summed E-state index contributed by atoms with van der Waals surface area (Å²) < 4.78 is 0. The molecule has 0 amide bonds. The van der Waals surface area contributed by atoms with Gasteiger partial charge in [0.15, 0.2) is 5.78 Å². The number of ketones is 1. The van der Waals surface area contributed by atoms with Crippen LogP contribution in [0.5, 0.6) is 0 Å². The van der Waals surface area contributed by atoms with Crippen LogP contribution in [0.15, 0.2) is 60.7 Å². The van der Waals surface area contributed by atoms with Gasteiger partial charge in [-0.25, -0.2) is 0 Å². The van der Waals surface area contributed by atoms with E-state index in [1.807, 2.05) is 48.5 Å². The number of hydrogen-bond donors (Lipinski definition) is 0. The van der Waals surface area contributed by atoms with Gasteiger partial charge in [-0.05, 0) is 24.0 Å². The third-order valence-electron chi connectivity index (χ3n) is 3.35. The second-order valence-corrected chi connectivity index (χ2v) is 4.51. The maximum atomic E-state index is 12.5. The van der Waals surface area contributed by atoms with Crippen molar-refractivity contribution in [2.24, 2.45) is 0 Å². The van der Waals surface area contributed by atoms with E-state index in [0.717, 1.165) is 29.5 Å². The molecule has 88 valence electrons. The van der Waals surface area contributed by atoms with E-state index in [0.29, 0.717) is 0 Å². The first-order valence-corrected chi connectivity index (χ1v) is 6.24. The average molecular weight is 234 g/mol. The Labute approximate surface area is 107 Å². The summed E-state index contributed by atoms with van der Waals surface area (Å²) in [5, 5.41) is 0. The summed E-state index contributed by atoms with van der Waals surface area (Å²) in [5.41, 5.74) is 3.99. The molecule has 18 heavy (non-hydrogen) atoms. The summed E-state index contributed by atoms with van der Waals surface area (Å²) in [6.07, 6.45) is 4.05. The third-order valence-corrected chi connectivity index (χ3v) is 3.35. The first kappa shape index (κ1) is 11.0. The van der Waals surface area contributed by atoms with Gasteiger partial charge in [0.1, 0.15) is 0 Å². The molecule has 0 radical (unpaired) electrons. The molecule has 2 aromatic carbocycles. The Kier molecular flexibility index (Phi) is 2.81. The molecule has 0 unspecified atom stereocenters. The highest BCUT2D eigenvalue weighted by atomic mass is 16.1. The fourth-order valence-electron chi connectivity index (χ4n) is 2.44. The molecule has 0 N–H and O–H groups in total. The first-order chi connectivity index (χ1) is 8.86. The van der Waals surface area contributed by atoms with E-state index >= 15 is 0 Å². The number of carbonyl (C=O) groups is 1. The quantitative estimate of drug-likeness (QED) is 0.720. The van der Waals surface area contributed by atoms with Crippen molar-refractivity contribution in [3.63, 3.8) is 0 Å². The standard InChI is InChI=1S/C17H14O/c18-17(14-8-2-1-3-9-14)16-12-6-10-13-7-4-5-11-15(13)16/h1-5,7-9,11-12H,6,10H2. The highest BCUT2D eigenvalue weighted by Crippen LogP contribution is 2.28. The SMILES string of the molecule is O=C(C1=CCCc2ccccc21)c1ccccc1. The second kappa shape index (κ2) is 4.61. The molecule has 3 rings (SSSR count). The second-order valence-electron chi connectivity index (χ2n) is 4.51. The molecule has 1 heteroatoms. The van der Waals surface area contributed by atoms with Crippen molar-refractivity contribution in [1.29, 1.82) is 0 Å². The molecule has 1 nitrogen and oxygen atoms in total. The highest BCUT2D eigenvalue weighted by molar-refractivity contribution is 6.29. The molecule has 0 heterocycles. The summed E-state index contributed by atoms with van der Waals surface area (Å²) in [4.78, 5) is 12.5. The minimum absolute atomic E-state index is 0.128. The van der Waals surface area contributed by atoms with Gasteiger partial charge in [0.2, 0.25) is 0 Å². The summed E-state index contributed by atoms with van der Waals surface area (Å²) >= 11 is 0. The average Bonchev–Trinajstić information content (AvgIpc) is 2.47. The van der Waals surface area contributed by atoms with Crippen LogP contribution in [0.3, 0.4) is 0 Å².